The summed E-state index contributed by atoms with van der Waals surface area (Å²) in [5, 5.41) is 11.0. The van der Waals surface area contributed by atoms with Crippen LogP contribution in [0.2, 0.25) is 0 Å². The summed E-state index contributed by atoms with van der Waals surface area (Å²) in [6, 6.07) is 5.21. The lowest BCUT2D eigenvalue weighted by molar-refractivity contribution is 0.0691. The highest BCUT2D eigenvalue weighted by atomic mass is 32.1. The van der Waals surface area contributed by atoms with E-state index in [9.17, 15) is 4.79 Å². The van der Waals surface area contributed by atoms with Crippen molar-refractivity contribution in [2.75, 3.05) is 0 Å². The summed E-state index contributed by atoms with van der Waals surface area (Å²) in [5.41, 5.74) is 0.644. The maximum atomic E-state index is 11.1. The van der Waals surface area contributed by atoms with Crippen molar-refractivity contribution in [1.82, 2.24) is 9.97 Å². The lowest BCUT2D eigenvalue weighted by Gasteiger charge is -2.06. The van der Waals surface area contributed by atoms with E-state index >= 15 is 0 Å². The van der Waals surface area contributed by atoms with E-state index in [2.05, 4.69) is 9.97 Å². The number of hydrogen-bond acceptors (Lipinski definition) is 6. The first kappa shape index (κ1) is 13.3. The van der Waals surface area contributed by atoms with Crippen LogP contribution in [0.25, 0.3) is 10.8 Å². The van der Waals surface area contributed by atoms with Gasteiger partial charge in [-0.05, 0) is 17.5 Å². The molecule has 0 bridgehead atoms. The minimum Gasteiger partial charge on any atom is -0.485 e. The molecule has 0 unspecified atom stereocenters. The number of aromatic carboxylic acids is 1. The average molecular weight is 302 g/mol. The molecule has 0 radical (unpaired) electrons. The molecule has 1 N–H and O–H groups in total. The fourth-order valence-electron chi connectivity index (χ4n) is 1.71. The first-order valence-corrected chi connectivity index (χ1v) is 6.90. The lowest BCUT2D eigenvalue weighted by Crippen LogP contribution is -2.04. The minimum absolute atomic E-state index is 0.0620. The number of aromatic nitrogens is 2. The van der Waals surface area contributed by atoms with Gasteiger partial charge in [-0.2, -0.15) is 0 Å². The van der Waals surface area contributed by atoms with Crippen LogP contribution < -0.4 is 4.74 Å². The van der Waals surface area contributed by atoms with Crippen molar-refractivity contribution in [2.45, 2.75) is 6.61 Å². The zero-order valence-electron chi connectivity index (χ0n) is 10.7. The molecule has 0 aromatic carbocycles. The molecular formula is C14H10N2O4S. The van der Waals surface area contributed by atoms with E-state index in [0.717, 1.165) is 4.88 Å². The molecule has 106 valence electrons. The van der Waals surface area contributed by atoms with Crippen molar-refractivity contribution < 1.29 is 19.1 Å². The van der Waals surface area contributed by atoms with Crippen molar-refractivity contribution in [3.05, 3.63) is 53.5 Å². The number of rotatable bonds is 5. The molecule has 0 atom stereocenters. The highest BCUT2D eigenvalue weighted by molar-refractivity contribution is 7.13. The van der Waals surface area contributed by atoms with E-state index < -0.39 is 5.97 Å². The van der Waals surface area contributed by atoms with Gasteiger partial charge in [-0.1, -0.05) is 6.07 Å². The van der Waals surface area contributed by atoms with E-state index in [0.29, 0.717) is 11.6 Å². The Labute approximate surface area is 123 Å². The van der Waals surface area contributed by atoms with Gasteiger partial charge < -0.3 is 14.3 Å². The molecule has 3 aromatic heterocycles. The third-order valence-electron chi connectivity index (χ3n) is 2.67. The van der Waals surface area contributed by atoms with Crippen molar-refractivity contribution >= 4 is 17.3 Å². The molecule has 0 aliphatic rings. The van der Waals surface area contributed by atoms with Crippen LogP contribution in [0, 0.1) is 0 Å². The van der Waals surface area contributed by atoms with Gasteiger partial charge in [0.15, 0.2) is 5.75 Å². The molecule has 3 rings (SSSR count). The number of pyridine rings is 1. The SMILES string of the molecule is O=C(O)c1ccncc1OCc1coc(-c2cccs2)n1. The van der Waals surface area contributed by atoms with Crippen LogP contribution in [0.1, 0.15) is 16.1 Å². The molecule has 7 heteroatoms. The summed E-state index contributed by atoms with van der Waals surface area (Å²) < 4.78 is 10.8. The average Bonchev–Trinajstić information content (AvgIpc) is 3.16. The van der Waals surface area contributed by atoms with Crippen LogP contribution in [-0.2, 0) is 6.61 Å². The van der Waals surface area contributed by atoms with Crippen molar-refractivity contribution in [1.29, 1.82) is 0 Å². The molecule has 0 amide bonds. The zero-order chi connectivity index (χ0) is 14.7. The van der Waals surface area contributed by atoms with Gasteiger partial charge >= 0.3 is 5.97 Å². The van der Waals surface area contributed by atoms with Crippen molar-refractivity contribution in [2.24, 2.45) is 0 Å². The molecule has 3 aromatic rings. The molecule has 0 aliphatic heterocycles. The highest BCUT2D eigenvalue weighted by Crippen LogP contribution is 2.24. The first-order chi connectivity index (χ1) is 10.2. The van der Waals surface area contributed by atoms with Crippen LogP contribution in [-0.4, -0.2) is 21.0 Å². The lowest BCUT2D eigenvalue weighted by atomic mass is 10.2. The number of carboxylic acid groups (broad SMARTS) is 1. The second kappa shape index (κ2) is 5.76. The normalized spacial score (nSPS) is 10.5. The van der Waals surface area contributed by atoms with Gasteiger partial charge in [0, 0.05) is 6.20 Å². The fourth-order valence-corrected chi connectivity index (χ4v) is 2.37. The zero-order valence-corrected chi connectivity index (χ0v) is 11.5. The van der Waals surface area contributed by atoms with Gasteiger partial charge in [0.05, 0.1) is 11.1 Å². The highest BCUT2D eigenvalue weighted by Gasteiger charge is 2.12. The number of thiophene rings is 1. The summed E-state index contributed by atoms with van der Waals surface area (Å²) in [7, 11) is 0. The van der Waals surface area contributed by atoms with Gasteiger partial charge in [0.2, 0.25) is 5.89 Å². The van der Waals surface area contributed by atoms with Crippen LogP contribution >= 0.6 is 11.3 Å². The minimum atomic E-state index is -1.06. The Hall–Kier alpha value is -2.67. The monoisotopic (exact) mass is 302 g/mol. The van der Waals surface area contributed by atoms with Crippen molar-refractivity contribution in [3.8, 4) is 16.5 Å². The number of ether oxygens (including phenoxy) is 1. The Bertz CT molecular complexity index is 752. The van der Waals surface area contributed by atoms with Crippen LogP contribution in [0.15, 0.2) is 46.7 Å². The largest absolute Gasteiger partial charge is 0.485 e. The maximum Gasteiger partial charge on any atom is 0.339 e. The molecule has 0 spiro atoms. The Morgan fingerprint density at radius 1 is 1.43 bits per heavy atom. The smallest absolute Gasteiger partial charge is 0.339 e. The third-order valence-corrected chi connectivity index (χ3v) is 3.53. The standard InChI is InChI=1S/C14H10N2O4S/c17-14(18)10-3-4-15-6-11(10)19-7-9-8-20-13(16-9)12-2-1-5-21-12/h1-6,8H,7H2,(H,17,18). The number of hydrogen-bond donors (Lipinski definition) is 1. The quantitative estimate of drug-likeness (QED) is 0.779. The predicted octanol–water partition coefficient (Wildman–Crippen LogP) is 3.08. The molecule has 6 nitrogen and oxygen atoms in total. The number of oxazole rings is 1. The molecule has 0 saturated carbocycles. The fraction of sp³-hybridized carbons (Fsp3) is 0.0714. The van der Waals surface area contributed by atoms with E-state index in [-0.39, 0.29) is 17.9 Å². The second-order valence-electron chi connectivity index (χ2n) is 4.09. The summed E-state index contributed by atoms with van der Waals surface area (Å²) >= 11 is 1.53. The van der Waals surface area contributed by atoms with Gasteiger partial charge in [-0.15, -0.1) is 11.3 Å². The van der Waals surface area contributed by atoms with Crippen LogP contribution in [0.3, 0.4) is 0 Å². The van der Waals surface area contributed by atoms with Crippen LogP contribution in [0.4, 0.5) is 0 Å². The number of carbonyl (C=O) groups is 1. The summed E-state index contributed by atoms with van der Waals surface area (Å²) in [4.78, 5) is 20.1. The van der Waals surface area contributed by atoms with E-state index in [1.54, 1.807) is 0 Å². The summed E-state index contributed by atoms with van der Waals surface area (Å²) in [5.74, 6) is -0.342. The molecule has 0 saturated heterocycles. The predicted molar refractivity (Wildman–Crippen MR) is 75.3 cm³/mol. The van der Waals surface area contributed by atoms with Gasteiger partial charge in [-0.3, -0.25) is 4.98 Å². The van der Waals surface area contributed by atoms with E-state index in [1.165, 1.54) is 36.1 Å². The summed E-state index contributed by atoms with van der Waals surface area (Å²) in [6.45, 7) is 0.112. The van der Waals surface area contributed by atoms with E-state index in [1.807, 2.05) is 17.5 Å². The molecule has 0 fully saturated rings. The van der Waals surface area contributed by atoms with E-state index in [4.69, 9.17) is 14.3 Å². The molecule has 0 aliphatic carbocycles. The second-order valence-corrected chi connectivity index (χ2v) is 5.03. The van der Waals surface area contributed by atoms with Crippen molar-refractivity contribution in [3.63, 3.8) is 0 Å². The topological polar surface area (TPSA) is 85.5 Å². The Morgan fingerprint density at radius 3 is 3.10 bits per heavy atom. The van der Waals surface area contributed by atoms with Crippen LogP contribution in [0.5, 0.6) is 5.75 Å². The molecular weight excluding hydrogens is 292 g/mol. The third kappa shape index (κ3) is 2.92. The first-order valence-electron chi connectivity index (χ1n) is 6.02. The summed E-state index contributed by atoms with van der Waals surface area (Å²) in [6.07, 6.45) is 4.26. The maximum absolute atomic E-state index is 11.1. The Morgan fingerprint density at radius 2 is 2.33 bits per heavy atom. The molecule has 3 heterocycles. The van der Waals surface area contributed by atoms with Gasteiger partial charge in [0.1, 0.15) is 24.1 Å². The number of nitrogens with zero attached hydrogens (tertiary/aromatic N) is 2. The number of carboxylic acids is 1. The Kier molecular flexibility index (Phi) is 3.65. The van der Waals surface area contributed by atoms with Gasteiger partial charge in [-0.25, -0.2) is 9.78 Å². The molecule has 21 heavy (non-hydrogen) atoms. The van der Waals surface area contributed by atoms with Gasteiger partial charge in [0.25, 0.3) is 0 Å². The Balaban J connectivity index is 1.73.